The predicted molar refractivity (Wildman–Crippen MR) is 68.3 cm³/mol. The van der Waals surface area contributed by atoms with E-state index in [2.05, 4.69) is 0 Å². The number of carboxylic acid groups (broad SMARTS) is 1. The first-order chi connectivity index (χ1) is 8.63. The van der Waals surface area contributed by atoms with Crippen molar-refractivity contribution in [1.82, 2.24) is 0 Å². The molecule has 0 aliphatic heterocycles. The largest absolute Gasteiger partial charge is 0.481 e. The first-order valence-electron chi connectivity index (χ1n) is 5.71. The van der Waals surface area contributed by atoms with E-state index in [1.807, 2.05) is 11.4 Å². The van der Waals surface area contributed by atoms with Crippen LogP contribution in [0, 0.1) is 5.82 Å². The Morgan fingerprint density at radius 1 is 1.33 bits per heavy atom. The molecule has 2 aromatic rings. The van der Waals surface area contributed by atoms with Crippen LogP contribution in [0.4, 0.5) is 4.39 Å². The zero-order valence-electron chi connectivity index (χ0n) is 9.52. The van der Waals surface area contributed by atoms with Crippen LogP contribution < -0.4 is 0 Å². The van der Waals surface area contributed by atoms with E-state index < -0.39 is 11.4 Å². The van der Waals surface area contributed by atoms with E-state index in [9.17, 15) is 14.3 Å². The molecule has 1 heterocycles. The van der Waals surface area contributed by atoms with Crippen LogP contribution in [0.15, 0.2) is 35.7 Å². The van der Waals surface area contributed by atoms with E-state index in [4.69, 9.17) is 0 Å². The third-order valence-corrected chi connectivity index (χ3v) is 4.41. The van der Waals surface area contributed by atoms with Crippen LogP contribution in [0.3, 0.4) is 0 Å². The van der Waals surface area contributed by atoms with E-state index in [0.717, 1.165) is 10.4 Å². The highest BCUT2D eigenvalue weighted by atomic mass is 32.1. The van der Waals surface area contributed by atoms with Crippen LogP contribution in [0.1, 0.15) is 18.4 Å². The monoisotopic (exact) mass is 262 g/mol. The fraction of sp³-hybridized carbons (Fsp3) is 0.214. The molecule has 0 unspecified atom stereocenters. The van der Waals surface area contributed by atoms with Crippen LogP contribution >= 0.6 is 11.3 Å². The lowest BCUT2D eigenvalue weighted by Crippen LogP contribution is -2.18. The van der Waals surface area contributed by atoms with Crippen LogP contribution in [0.2, 0.25) is 0 Å². The molecule has 1 aromatic carbocycles. The van der Waals surface area contributed by atoms with Gasteiger partial charge in [-0.15, -0.1) is 11.3 Å². The number of hydrogen-bond donors (Lipinski definition) is 1. The number of rotatable bonds is 3. The van der Waals surface area contributed by atoms with Crippen LogP contribution in [0.25, 0.3) is 10.4 Å². The fourth-order valence-corrected chi connectivity index (χ4v) is 3.18. The molecule has 1 saturated carbocycles. The minimum absolute atomic E-state index is 0.272. The van der Waals surface area contributed by atoms with Gasteiger partial charge in [0.1, 0.15) is 5.82 Å². The minimum atomic E-state index is -0.777. The van der Waals surface area contributed by atoms with Crippen molar-refractivity contribution in [2.24, 2.45) is 0 Å². The summed E-state index contributed by atoms with van der Waals surface area (Å²) in [6, 6.07) is 8.36. The van der Waals surface area contributed by atoms with Gasteiger partial charge >= 0.3 is 5.97 Å². The molecule has 0 radical (unpaired) electrons. The predicted octanol–water partition coefficient (Wildman–Crippen LogP) is 3.67. The number of thiophene rings is 1. The van der Waals surface area contributed by atoms with Gasteiger partial charge in [0.05, 0.1) is 5.41 Å². The van der Waals surface area contributed by atoms with E-state index in [0.29, 0.717) is 18.4 Å². The molecule has 2 nitrogen and oxygen atoms in total. The molecule has 0 amide bonds. The van der Waals surface area contributed by atoms with Crippen LogP contribution in [-0.4, -0.2) is 11.1 Å². The summed E-state index contributed by atoms with van der Waals surface area (Å²) < 4.78 is 13.6. The summed E-state index contributed by atoms with van der Waals surface area (Å²) in [6.45, 7) is 0. The van der Waals surface area contributed by atoms with Crippen molar-refractivity contribution < 1.29 is 14.3 Å². The zero-order chi connectivity index (χ0) is 12.8. The maximum atomic E-state index is 13.6. The van der Waals surface area contributed by atoms with E-state index in [1.165, 1.54) is 17.4 Å². The Morgan fingerprint density at radius 2 is 2.06 bits per heavy atom. The van der Waals surface area contributed by atoms with Gasteiger partial charge in [-0.2, -0.15) is 0 Å². The molecule has 18 heavy (non-hydrogen) atoms. The summed E-state index contributed by atoms with van der Waals surface area (Å²) in [7, 11) is 0. The van der Waals surface area contributed by atoms with Crippen molar-refractivity contribution in [3.8, 4) is 10.4 Å². The number of aliphatic carboxylic acids is 1. The number of carbonyl (C=O) groups is 1. The molecule has 1 aromatic heterocycles. The highest BCUT2D eigenvalue weighted by Crippen LogP contribution is 2.50. The van der Waals surface area contributed by atoms with Gasteiger partial charge in [0, 0.05) is 10.4 Å². The number of hydrogen-bond acceptors (Lipinski definition) is 2. The molecule has 1 aliphatic rings. The average molecular weight is 262 g/mol. The summed E-state index contributed by atoms with van der Waals surface area (Å²) in [4.78, 5) is 12.0. The third-order valence-electron chi connectivity index (χ3n) is 3.45. The SMILES string of the molecule is O=C(O)C1(c2csc(-c3ccccc3F)c2)CC1. The standard InChI is InChI=1S/C14H11FO2S/c15-11-4-2-1-3-10(11)12-7-9(8-18-12)14(5-6-14)13(16)17/h1-4,7-8H,5-6H2,(H,16,17). The summed E-state index contributed by atoms with van der Waals surface area (Å²) in [5, 5.41) is 11.1. The quantitative estimate of drug-likeness (QED) is 0.916. The Labute approximate surface area is 108 Å². The summed E-state index contributed by atoms with van der Waals surface area (Å²) in [5.74, 6) is -1.05. The van der Waals surface area contributed by atoms with Crippen LogP contribution in [-0.2, 0) is 10.2 Å². The molecule has 0 saturated heterocycles. The molecule has 4 heteroatoms. The highest BCUT2D eigenvalue weighted by molar-refractivity contribution is 7.13. The second-order valence-corrected chi connectivity index (χ2v) is 5.48. The highest BCUT2D eigenvalue weighted by Gasteiger charge is 2.52. The summed E-state index contributed by atoms with van der Waals surface area (Å²) in [5.41, 5.74) is 0.633. The molecule has 1 fully saturated rings. The van der Waals surface area contributed by atoms with Gasteiger partial charge in [-0.1, -0.05) is 18.2 Å². The smallest absolute Gasteiger partial charge is 0.314 e. The Bertz CT molecular complexity index is 614. The van der Waals surface area contributed by atoms with Gasteiger partial charge in [-0.05, 0) is 35.9 Å². The van der Waals surface area contributed by atoms with E-state index in [1.54, 1.807) is 18.2 Å². The number of halogens is 1. The second-order valence-electron chi connectivity index (χ2n) is 4.57. The van der Waals surface area contributed by atoms with Gasteiger partial charge in [0.2, 0.25) is 0 Å². The Balaban J connectivity index is 2.01. The molecule has 1 aliphatic carbocycles. The van der Waals surface area contributed by atoms with Gasteiger partial charge < -0.3 is 5.11 Å². The molecule has 0 spiro atoms. The van der Waals surface area contributed by atoms with Gasteiger partial charge in [0.15, 0.2) is 0 Å². The first-order valence-corrected chi connectivity index (χ1v) is 6.59. The Kier molecular flexibility index (Phi) is 2.48. The lowest BCUT2D eigenvalue weighted by atomic mass is 9.98. The third kappa shape index (κ3) is 1.64. The van der Waals surface area contributed by atoms with Crippen molar-refractivity contribution in [2.45, 2.75) is 18.3 Å². The molecule has 92 valence electrons. The van der Waals surface area contributed by atoms with Gasteiger partial charge in [0.25, 0.3) is 0 Å². The van der Waals surface area contributed by atoms with Gasteiger partial charge in [-0.3, -0.25) is 4.79 Å². The van der Waals surface area contributed by atoms with Crippen molar-refractivity contribution in [2.75, 3.05) is 0 Å². The molecule has 3 rings (SSSR count). The molecular formula is C14H11FO2S. The van der Waals surface area contributed by atoms with Gasteiger partial charge in [-0.25, -0.2) is 4.39 Å². The summed E-state index contributed by atoms with van der Waals surface area (Å²) >= 11 is 1.40. The topological polar surface area (TPSA) is 37.3 Å². The average Bonchev–Trinajstić information content (AvgIpc) is 3.03. The number of carboxylic acids is 1. The molecular weight excluding hydrogens is 251 g/mol. The normalized spacial score (nSPS) is 16.5. The summed E-state index contributed by atoms with van der Waals surface area (Å²) in [6.07, 6.45) is 1.35. The van der Waals surface area contributed by atoms with E-state index >= 15 is 0 Å². The molecule has 0 atom stereocenters. The maximum Gasteiger partial charge on any atom is 0.314 e. The minimum Gasteiger partial charge on any atom is -0.481 e. The lowest BCUT2D eigenvalue weighted by molar-refractivity contribution is -0.140. The number of benzene rings is 1. The van der Waals surface area contributed by atoms with Crippen LogP contribution in [0.5, 0.6) is 0 Å². The fourth-order valence-electron chi connectivity index (χ4n) is 2.14. The maximum absolute atomic E-state index is 13.6. The van der Waals surface area contributed by atoms with Crippen molar-refractivity contribution in [1.29, 1.82) is 0 Å². The Hall–Kier alpha value is -1.68. The van der Waals surface area contributed by atoms with Crippen molar-refractivity contribution in [3.05, 3.63) is 47.1 Å². The second kappa shape index (κ2) is 3.92. The lowest BCUT2D eigenvalue weighted by Gasteiger charge is -2.05. The Morgan fingerprint density at radius 3 is 2.67 bits per heavy atom. The molecule has 1 N–H and O–H groups in total. The zero-order valence-corrected chi connectivity index (χ0v) is 10.3. The van der Waals surface area contributed by atoms with E-state index in [-0.39, 0.29) is 5.82 Å². The van der Waals surface area contributed by atoms with Crippen molar-refractivity contribution >= 4 is 17.3 Å². The first kappa shape index (κ1) is 11.4. The van der Waals surface area contributed by atoms with Crippen molar-refractivity contribution in [3.63, 3.8) is 0 Å². The molecule has 0 bridgehead atoms.